The molecule has 0 fully saturated rings. The molecule has 0 amide bonds. The number of benzene rings is 1. The Morgan fingerprint density at radius 1 is 1.17 bits per heavy atom. The summed E-state index contributed by atoms with van der Waals surface area (Å²) in [7, 11) is -3.32. The zero-order chi connectivity index (χ0) is 17.7. The third-order valence-electron chi connectivity index (χ3n) is 3.20. The van der Waals surface area contributed by atoms with Gasteiger partial charge in [-0.3, -0.25) is 4.57 Å². The molecule has 1 heterocycles. The molecule has 0 saturated heterocycles. The molecule has 0 aliphatic carbocycles. The fraction of sp³-hybridized carbons (Fsp3) is 0.438. The van der Waals surface area contributed by atoms with Crippen LogP contribution in [0.2, 0.25) is 0 Å². The minimum absolute atomic E-state index is 0.0221. The Labute approximate surface area is 144 Å². The second-order valence-corrected chi connectivity index (χ2v) is 7.99. The molecule has 0 unspecified atom stereocenters. The Kier molecular flexibility index (Phi) is 6.52. The average molecular weight is 374 g/mol. The number of carbonyl (C=O) groups excluding carboxylic acids is 1. The van der Waals surface area contributed by atoms with Crippen LogP contribution in [-0.2, 0) is 24.5 Å². The van der Waals surface area contributed by atoms with E-state index in [0.717, 1.165) is 11.3 Å². The first-order valence-electron chi connectivity index (χ1n) is 7.70. The van der Waals surface area contributed by atoms with E-state index in [9.17, 15) is 13.8 Å². The lowest BCUT2D eigenvalue weighted by atomic mass is 10.2. The number of thiophene rings is 1. The van der Waals surface area contributed by atoms with E-state index in [4.69, 9.17) is 13.8 Å². The van der Waals surface area contributed by atoms with Gasteiger partial charge in [-0.25, -0.2) is 9.18 Å². The van der Waals surface area contributed by atoms with Crippen LogP contribution in [0.4, 0.5) is 4.39 Å². The van der Waals surface area contributed by atoms with Gasteiger partial charge in [0.2, 0.25) is 0 Å². The van der Waals surface area contributed by atoms with E-state index in [2.05, 4.69) is 0 Å². The third kappa shape index (κ3) is 4.22. The third-order valence-corrected chi connectivity index (χ3v) is 6.43. The van der Waals surface area contributed by atoms with Crippen LogP contribution >= 0.6 is 18.9 Å². The predicted molar refractivity (Wildman–Crippen MR) is 92.3 cm³/mol. The van der Waals surface area contributed by atoms with Crippen molar-refractivity contribution in [2.75, 3.05) is 19.8 Å². The van der Waals surface area contributed by atoms with Crippen molar-refractivity contribution in [2.24, 2.45) is 0 Å². The van der Waals surface area contributed by atoms with Crippen molar-refractivity contribution in [3.63, 3.8) is 0 Å². The van der Waals surface area contributed by atoms with Crippen molar-refractivity contribution in [3.05, 3.63) is 34.5 Å². The second-order valence-electron chi connectivity index (χ2n) is 4.88. The van der Waals surface area contributed by atoms with Gasteiger partial charge in [0.05, 0.1) is 26.0 Å². The molecule has 132 valence electrons. The minimum Gasteiger partial charge on any atom is -0.462 e. The van der Waals surface area contributed by atoms with E-state index in [1.165, 1.54) is 12.1 Å². The highest BCUT2D eigenvalue weighted by atomic mass is 32.1. The van der Waals surface area contributed by atoms with Gasteiger partial charge in [0.15, 0.2) is 0 Å². The van der Waals surface area contributed by atoms with Crippen LogP contribution in [0, 0.1) is 5.82 Å². The van der Waals surface area contributed by atoms with Crippen molar-refractivity contribution >= 4 is 35.0 Å². The van der Waals surface area contributed by atoms with Gasteiger partial charge in [-0.05, 0) is 38.5 Å². The van der Waals surface area contributed by atoms with Crippen molar-refractivity contribution in [1.29, 1.82) is 0 Å². The Morgan fingerprint density at radius 3 is 2.42 bits per heavy atom. The summed E-state index contributed by atoms with van der Waals surface area (Å²) in [6, 6.07) is 4.30. The molecule has 1 aromatic heterocycles. The Bertz CT molecular complexity index is 763. The smallest absolute Gasteiger partial charge is 0.348 e. The Morgan fingerprint density at radius 2 is 1.83 bits per heavy atom. The maximum Gasteiger partial charge on any atom is 0.348 e. The lowest BCUT2D eigenvalue weighted by Gasteiger charge is -2.17. The summed E-state index contributed by atoms with van der Waals surface area (Å²) in [5.74, 6) is -0.940. The lowest BCUT2D eigenvalue weighted by molar-refractivity contribution is 0.0532. The molecular formula is C16H20FO5PS. The Hall–Kier alpha value is -1.27. The van der Waals surface area contributed by atoms with Gasteiger partial charge in [-0.2, -0.15) is 0 Å². The van der Waals surface area contributed by atoms with Crippen LogP contribution in [0.15, 0.2) is 18.2 Å². The van der Waals surface area contributed by atoms with Gasteiger partial charge in [0, 0.05) is 10.1 Å². The number of esters is 1. The van der Waals surface area contributed by atoms with Gasteiger partial charge in [0.25, 0.3) is 0 Å². The molecule has 8 heteroatoms. The maximum absolute atomic E-state index is 14.1. The quantitative estimate of drug-likeness (QED) is 0.481. The topological polar surface area (TPSA) is 61.8 Å². The van der Waals surface area contributed by atoms with Gasteiger partial charge >= 0.3 is 13.6 Å². The first kappa shape index (κ1) is 19.1. The summed E-state index contributed by atoms with van der Waals surface area (Å²) >= 11 is 1.12. The normalized spacial score (nSPS) is 11.8. The summed E-state index contributed by atoms with van der Waals surface area (Å²) < 4.78 is 42.9. The van der Waals surface area contributed by atoms with E-state index in [1.807, 2.05) is 0 Å². The maximum atomic E-state index is 14.1. The largest absolute Gasteiger partial charge is 0.462 e. The lowest BCUT2D eigenvalue weighted by Crippen LogP contribution is -2.01. The molecule has 0 N–H and O–H groups in total. The molecule has 0 spiro atoms. The fourth-order valence-corrected chi connectivity index (χ4v) is 5.21. The molecule has 0 radical (unpaired) electrons. The Balaban J connectivity index is 2.45. The van der Waals surface area contributed by atoms with E-state index in [-0.39, 0.29) is 26.0 Å². The average Bonchev–Trinajstić information content (AvgIpc) is 2.97. The highest BCUT2D eigenvalue weighted by Gasteiger charge is 2.26. The van der Waals surface area contributed by atoms with Crippen molar-refractivity contribution < 1.29 is 27.5 Å². The highest BCUT2D eigenvalue weighted by molar-refractivity contribution is 7.53. The number of rotatable bonds is 8. The fourth-order valence-electron chi connectivity index (χ4n) is 2.30. The van der Waals surface area contributed by atoms with E-state index in [1.54, 1.807) is 26.8 Å². The minimum atomic E-state index is -3.32. The molecule has 24 heavy (non-hydrogen) atoms. The standard InChI is InChI=1S/C16H20FO5PS/c1-4-20-16(18)14-9-12-13(17)8-7-11(15(12)24-14)10-23(19,21-5-2)22-6-3/h7-9H,4-6,10H2,1-3H3. The van der Waals surface area contributed by atoms with Gasteiger partial charge in [-0.15, -0.1) is 11.3 Å². The molecule has 5 nitrogen and oxygen atoms in total. The number of halogens is 1. The van der Waals surface area contributed by atoms with Crippen LogP contribution in [0.3, 0.4) is 0 Å². The summed E-state index contributed by atoms with van der Waals surface area (Å²) in [5.41, 5.74) is 0.622. The first-order valence-corrected chi connectivity index (χ1v) is 10.2. The molecule has 1 aromatic carbocycles. The molecule has 2 aromatic rings. The van der Waals surface area contributed by atoms with Crippen LogP contribution < -0.4 is 0 Å². The second kappa shape index (κ2) is 8.21. The van der Waals surface area contributed by atoms with Crippen molar-refractivity contribution in [1.82, 2.24) is 0 Å². The van der Waals surface area contributed by atoms with Crippen LogP contribution in [0.1, 0.15) is 36.0 Å². The summed E-state index contributed by atoms with van der Waals surface area (Å²) in [6.07, 6.45) is 0.0221. The number of fused-ring (bicyclic) bond motifs is 1. The molecule has 0 aliphatic rings. The summed E-state index contributed by atoms with van der Waals surface area (Å²) in [5, 5.41) is 0.306. The van der Waals surface area contributed by atoms with Gasteiger partial charge in [-0.1, -0.05) is 6.07 Å². The molecule has 0 saturated carbocycles. The summed E-state index contributed by atoms with van der Waals surface area (Å²) in [4.78, 5) is 12.2. The predicted octanol–water partition coefficient (Wildman–Crippen LogP) is 4.98. The van der Waals surface area contributed by atoms with E-state index in [0.29, 0.717) is 20.5 Å². The van der Waals surface area contributed by atoms with Crippen LogP contribution in [-0.4, -0.2) is 25.8 Å². The van der Waals surface area contributed by atoms with Gasteiger partial charge in [0.1, 0.15) is 10.7 Å². The summed E-state index contributed by atoms with van der Waals surface area (Å²) in [6.45, 7) is 5.91. The monoisotopic (exact) mass is 374 g/mol. The van der Waals surface area contributed by atoms with Crippen LogP contribution in [0.5, 0.6) is 0 Å². The van der Waals surface area contributed by atoms with E-state index < -0.39 is 19.4 Å². The molecular weight excluding hydrogens is 354 g/mol. The van der Waals surface area contributed by atoms with Crippen molar-refractivity contribution in [3.8, 4) is 0 Å². The molecule has 0 atom stereocenters. The van der Waals surface area contributed by atoms with Gasteiger partial charge < -0.3 is 13.8 Å². The van der Waals surface area contributed by atoms with E-state index >= 15 is 0 Å². The SMILES string of the molecule is CCOC(=O)c1cc2c(F)ccc(CP(=O)(OCC)OCC)c2s1. The molecule has 0 aliphatic heterocycles. The number of ether oxygens (including phenoxy) is 1. The van der Waals surface area contributed by atoms with Crippen LogP contribution in [0.25, 0.3) is 10.1 Å². The highest BCUT2D eigenvalue weighted by Crippen LogP contribution is 2.52. The molecule has 2 rings (SSSR count). The number of hydrogen-bond acceptors (Lipinski definition) is 6. The first-order chi connectivity index (χ1) is 11.4. The number of hydrogen-bond donors (Lipinski definition) is 0. The zero-order valence-electron chi connectivity index (χ0n) is 13.8. The number of carbonyl (C=O) groups is 1. The van der Waals surface area contributed by atoms with Crippen molar-refractivity contribution in [2.45, 2.75) is 26.9 Å². The zero-order valence-corrected chi connectivity index (χ0v) is 15.5. The molecule has 0 bridgehead atoms.